The van der Waals surface area contributed by atoms with Crippen molar-refractivity contribution in [3.63, 3.8) is 0 Å². The molecule has 2 aromatic carbocycles. The second-order valence-electron chi connectivity index (χ2n) is 3.62. The minimum absolute atomic E-state index is 0. The third-order valence-corrected chi connectivity index (χ3v) is 2.41. The van der Waals surface area contributed by atoms with Crippen LogP contribution in [0.15, 0.2) is 60.2 Å². The Labute approximate surface area is 159 Å². The first kappa shape index (κ1) is 29.1. The molecule has 4 heteroatoms. The zero-order valence-corrected chi connectivity index (χ0v) is 17.8. The van der Waals surface area contributed by atoms with Gasteiger partial charge in [0.2, 0.25) is 0 Å². The normalized spacial score (nSPS) is 9.81. The molecule has 0 aromatic heterocycles. The van der Waals surface area contributed by atoms with Crippen molar-refractivity contribution in [3.8, 4) is 0 Å². The Morgan fingerprint density at radius 1 is 1.10 bits per heavy atom. The molecule has 2 aromatic rings. The van der Waals surface area contributed by atoms with Crippen LogP contribution in [0, 0.1) is 20.9 Å². The van der Waals surface area contributed by atoms with E-state index in [1.807, 2.05) is 0 Å². The van der Waals surface area contributed by atoms with Crippen LogP contribution in [-0.4, -0.2) is 6.88 Å². The second kappa shape index (κ2) is 18.0. The summed E-state index contributed by atoms with van der Waals surface area (Å²) in [5.74, 6) is 0. The predicted octanol–water partition coefficient (Wildman–Crippen LogP) is 5.62. The fraction of sp³-hybridized carbons (Fsp3) is 0.118. The minimum atomic E-state index is 0. The molecule has 0 spiro atoms. The molecule has 1 aliphatic carbocycles. The van der Waals surface area contributed by atoms with Gasteiger partial charge in [-0.15, -0.1) is 60.9 Å². The van der Waals surface area contributed by atoms with E-state index in [0.717, 1.165) is 6.42 Å². The fourth-order valence-corrected chi connectivity index (χ4v) is 1.58. The molecule has 0 nitrogen and oxygen atoms in total. The number of halogens is 2. The first-order chi connectivity index (χ1) is 8.36. The average Bonchev–Trinajstić information content (AvgIpc) is 3.02. The van der Waals surface area contributed by atoms with Crippen LogP contribution in [0.2, 0.25) is 0 Å². The van der Waals surface area contributed by atoms with E-state index < -0.39 is 0 Å². The van der Waals surface area contributed by atoms with Crippen LogP contribution in [0.4, 0.5) is 0 Å². The molecule has 3 rings (SSSR count). The Morgan fingerprint density at radius 3 is 2.14 bits per heavy atom. The van der Waals surface area contributed by atoms with Gasteiger partial charge in [0.05, 0.1) is 0 Å². The molecule has 0 bridgehead atoms. The molecule has 0 aliphatic heterocycles. The van der Waals surface area contributed by atoms with Crippen molar-refractivity contribution in [2.24, 2.45) is 0 Å². The van der Waals surface area contributed by atoms with Gasteiger partial charge >= 0.3 is 30.2 Å². The van der Waals surface area contributed by atoms with E-state index in [2.05, 4.69) is 74.5 Å². The molecule has 0 saturated heterocycles. The maximum Gasteiger partial charge on any atom is -0.0809 e. The van der Waals surface area contributed by atoms with Crippen molar-refractivity contribution in [2.75, 3.05) is 0 Å². The largest absolute Gasteiger partial charge is 0.168 e. The quantitative estimate of drug-likeness (QED) is 0.386. The van der Waals surface area contributed by atoms with Gasteiger partial charge in [0.1, 0.15) is 0 Å². The SMILES string of the molecule is CC1=[C-]CC=C1.Cl.Cl.[CH3-].[CH3-].[Si]=[Zr].c1ccc2[cH-]ccc2c1. The molecule has 0 saturated carbocycles. The molecule has 116 valence electrons. The van der Waals surface area contributed by atoms with Gasteiger partial charge in [0, 0.05) is 0 Å². The van der Waals surface area contributed by atoms with E-state index in [-0.39, 0.29) is 39.7 Å². The zero-order chi connectivity index (χ0) is 12.5. The van der Waals surface area contributed by atoms with Crippen LogP contribution >= 0.6 is 24.8 Å². The van der Waals surface area contributed by atoms with Gasteiger partial charge in [-0.1, -0.05) is 13.0 Å². The molecular formula is C17H22Cl2SiZr-4. The smallest absolute Gasteiger partial charge is 0.0809 e. The second-order valence-corrected chi connectivity index (χ2v) is 3.62. The first-order valence-corrected chi connectivity index (χ1v) is 9.64. The van der Waals surface area contributed by atoms with Gasteiger partial charge in [-0.05, 0) is 0 Å². The summed E-state index contributed by atoms with van der Waals surface area (Å²) in [6.45, 7) is 5.12. The Hall–Kier alpha value is -0.0100. The summed E-state index contributed by atoms with van der Waals surface area (Å²) in [6, 6.07) is 14.7. The van der Waals surface area contributed by atoms with Gasteiger partial charge in [-0.3, -0.25) is 6.08 Å². The minimum Gasteiger partial charge on any atom is -0.168 e. The third-order valence-electron chi connectivity index (χ3n) is 2.41. The third kappa shape index (κ3) is 11.2. The average molecular weight is 417 g/mol. The summed E-state index contributed by atoms with van der Waals surface area (Å²) in [6.07, 6.45) is 8.33. The Kier molecular flexibility index (Phi) is 25.0. The Balaban J connectivity index is -0.000000109. The Bertz CT molecular complexity index is 485. The van der Waals surface area contributed by atoms with Crippen LogP contribution in [-0.2, 0) is 23.3 Å². The summed E-state index contributed by atoms with van der Waals surface area (Å²) < 4.78 is 0. The van der Waals surface area contributed by atoms with Crippen molar-refractivity contribution < 1.29 is 23.3 Å². The number of benzene rings is 1. The van der Waals surface area contributed by atoms with Crippen molar-refractivity contribution >= 4 is 42.5 Å². The van der Waals surface area contributed by atoms with E-state index in [0.29, 0.717) is 0 Å². The molecule has 0 amide bonds. The van der Waals surface area contributed by atoms with Crippen molar-refractivity contribution in [1.82, 2.24) is 0 Å². The van der Waals surface area contributed by atoms with Crippen LogP contribution in [0.1, 0.15) is 13.3 Å². The molecule has 1 aliphatic rings. The van der Waals surface area contributed by atoms with Gasteiger partial charge in [-0.2, -0.15) is 23.6 Å². The summed E-state index contributed by atoms with van der Waals surface area (Å²) >= 11 is 1.36. The molecule has 0 atom stereocenters. The van der Waals surface area contributed by atoms with Gasteiger partial charge in [0.15, 0.2) is 0 Å². The van der Waals surface area contributed by atoms with Crippen molar-refractivity contribution in [1.29, 1.82) is 0 Å². The van der Waals surface area contributed by atoms with Crippen molar-refractivity contribution in [2.45, 2.75) is 13.3 Å². The Morgan fingerprint density at radius 2 is 1.71 bits per heavy atom. The number of hydrogen-bond donors (Lipinski definition) is 0. The van der Waals surface area contributed by atoms with Crippen molar-refractivity contribution in [3.05, 3.63) is 81.1 Å². The molecular weight excluding hydrogens is 394 g/mol. The van der Waals surface area contributed by atoms with Crippen LogP contribution in [0.3, 0.4) is 0 Å². The van der Waals surface area contributed by atoms with E-state index in [1.54, 1.807) is 0 Å². The number of fused-ring (bicyclic) bond motifs is 1. The number of rotatable bonds is 0. The predicted molar refractivity (Wildman–Crippen MR) is 98.8 cm³/mol. The molecule has 0 unspecified atom stereocenters. The zero-order valence-electron chi connectivity index (χ0n) is 12.7. The standard InChI is InChI=1S/C9H7.C6H7.2CH3.2ClH.Si.Zr/c1-2-5-9-7-3-6-8(9)4-1;1-6-4-2-3-5-6;;;;;;/h1-7H;2,4H,3H2,1H3;2*1H3;2*1H;;/q4*-1;;;;. The van der Waals surface area contributed by atoms with E-state index in [9.17, 15) is 0 Å². The van der Waals surface area contributed by atoms with Gasteiger partial charge in [-0.25, -0.2) is 11.6 Å². The van der Waals surface area contributed by atoms with E-state index in [4.69, 9.17) is 0 Å². The maximum absolute atomic E-state index is 3.12. The number of allylic oxidation sites excluding steroid dienone is 4. The van der Waals surface area contributed by atoms with Crippen LogP contribution in [0.25, 0.3) is 10.8 Å². The van der Waals surface area contributed by atoms with Crippen LogP contribution in [0.5, 0.6) is 0 Å². The molecule has 0 fully saturated rings. The fourth-order valence-electron chi connectivity index (χ4n) is 1.58. The monoisotopic (exact) mass is 414 g/mol. The molecule has 0 heterocycles. The van der Waals surface area contributed by atoms with E-state index in [1.165, 1.54) is 39.7 Å². The van der Waals surface area contributed by atoms with E-state index >= 15 is 0 Å². The van der Waals surface area contributed by atoms with Gasteiger partial charge < -0.3 is 14.9 Å². The summed E-state index contributed by atoms with van der Waals surface area (Å²) in [5.41, 5.74) is 1.27. The molecule has 21 heavy (non-hydrogen) atoms. The number of hydrogen-bond acceptors (Lipinski definition) is 0. The summed E-state index contributed by atoms with van der Waals surface area (Å²) in [7, 11) is 0. The first-order valence-electron chi connectivity index (χ1n) is 5.46. The van der Waals surface area contributed by atoms with Gasteiger partial charge in [0.25, 0.3) is 0 Å². The topological polar surface area (TPSA) is 0 Å². The summed E-state index contributed by atoms with van der Waals surface area (Å²) in [5, 5.41) is 2.66. The van der Waals surface area contributed by atoms with Crippen LogP contribution < -0.4 is 0 Å². The summed E-state index contributed by atoms with van der Waals surface area (Å²) in [4.78, 5) is 0. The molecule has 0 N–H and O–H groups in total. The molecule has 2 radical (unpaired) electrons. The maximum atomic E-state index is 3.12.